The van der Waals surface area contributed by atoms with Crippen LogP contribution in [-0.2, 0) is 4.74 Å². The molecule has 5 heteroatoms. The normalized spacial score (nSPS) is 30.9. The van der Waals surface area contributed by atoms with E-state index in [-0.39, 0.29) is 5.60 Å². The minimum absolute atomic E-state index is 0.183. The molecule has 0 amide bonds. The molecule has 1 aromatic heterocycles. The quantitative estimate of drug-likeness (QED) is 0.675. The second-order valence-corrected chi connectivity index (χ2v) is 10.1. The van der Waals surface area contributed by atoms with Crippen molar-refractivity contribution in [2.75, 3.05) is 24.7 Å². The average molecular weight is 437 g/mol. The van der Waals surface area contributed by atoms with Gasteiger partial charge in [0.15, 0.2) is 0 Å². The fourth-order valence-corrected chi connectivity index (χ4v) is 6.34. The highest BCUT2D eigenvalue weighted by atomic mass is 127. The Morgan fingerprint density at radius 2 is 2.48 bits per heavy atom. The van der Waals surface area contributed by atoms with Gasteiger partial charge in [0.1, 0.15) is 0 Å². The van der Waals surface area contributed by atoms with Crippen molar-refractivity contribution < 1.29 is 4.74 Å². The molecular formula is C16H24INOS2. The van der Waals surface area contributed by atoms with E-state index in [1.54, 1.807) is 0 Å². The van der Waals surface area contributed by atoms with E-state index in [0.29, 0.717) is 6.04 Å². The van der Waals surface area contributed by atoms with Crippen LogP contribution in [0, 0.1) is 8.80 Å². The Balaban J connectivity index is 1.75. The number of hydrogen-bond donors (Lipinski definition) is 1. The van der Waals surface area contributed by atoms with Crippen molar-refractivity contribution in [2.45, 2.75) is 44.2 Å². The molecule has 1 spiro atoms. The third-order valence-corrected chi connectivity index (χ3v) is 7.66. The summed E-state index contributed by atoms with van der Waals surface area (Å²) in [4.78, 5) is 0. The molecule has 21 heavy (non-hydrogen) atoms. The Bertz CT molecular complexity index is 459. The van der Waals surface area contributed by atoms with Crippen molar-refractivity contribution in [1.29, 1.82) is 0 Å². The van der Waals surface area contributed by atoms with Crippen LogP contribution < -0.4 is 5.32 Å². The Morgan fingerprint density at radius 1 is 1.57 bits per heavy atom. The van der Waals surface area contributed by atoms with Crippen LogP contribution in [-0.4, -0.2) is 30.3 Å². The van der Waals surface area contributed by atoms with Gasteiger partial charge in [-0.2, -0.15) is 11.8 Å². The van der Waals surface area contributed by atoms with E-state index < -0.39 is 0 Å². The highest BCUT2D eigenvalue weighted by Gasteiger charge is 2.42. The summed E-state index contributed by atoms with van der Waals surface area (Å²) in [6, 6.07) is 2.88. The minimum Gasteiger partial charge on any atom is -0.374 e. The molecule has 2 aliphatic heterocycles. The number of hydrogen-bond acceptors (Lipinski definition) is 4. The van der Waals surface area contributed by atoms with Crippen molar-refractivity contribution in [1.82, 2.24) is 5.32 Å². The zero-order chi connectivity index (χ0) is 14.7. The molecule has 2 fully saturated rings. The number of nitrogens with one attached hydrogen (secondary N) is 1. The summed E-state index contributed by atoms with van der Waals surface area (Å²) < 4.78 is 7.60. The first-order valence-electron chi connectivity index (χ1n) is 7.91. The van der Waals surface area contributed by atoms with Crippen molar-refractivity contribution in [2.24, 2.45) is 5.92 Å². The SMILES string of the molecule is CCCNC(c1csc(I)c1)C1CCOC2(CCSC2)C1. The summed E-state index contributed by atoms with van der Waals surface area (Å²) in [5.74, 6) is 3.19. The molecular weight excluding hydrogens is 413 g/mol. The summed E-state index contributed by atoms with van der Waals surface area (Å²) >= 11 is 6.37. The van der Waals surface area contributed by atoms with E-state index >= 15 is 0 Å². The fourth-order valence-electron chi connectivity index (χ4n) is 3.56. The molecule has 2 saturated heterocycles. The summed E-state index contributed by atoms with van der Waals surface area (Å²) in [6.07, 6.45) is 4.87. The fraction of sp³-hybridized carbons (Fsp3) is 0.750. The van der Waals surface area contributed by atoms with Gasteiger partial charge < -0.3 is 10.1 Å². The van der Waals surface area contributed by atoms with Crippen LogP contribution in [0.2, 0.25) is 0 Å². The standard InChI is InChI=1S/C16H24INOS2/c1-2-5-18-15(13-8-14(17)21-10-13)12-3-6-19-16(9-12)4-7-20-11-16/h8,10,12,15,18H,2-7,9,11H2,1H3. The molecule has 1 aromatic rings. The Hall–Kier alpha value is 0.700. The Kier molecular flexibility index (Phi) is 5.92. The van der Waals surface area contributed by atoms with Gasteiger partial charge in [0.2, 0.25) is 0 Å². The van der Waals surface area contributed by atoms with E-state index in [0.717, 1.165) is 19.1 Å². The third-order valence-electron chi connectivity index (χ3n) is 4.63. The van der Waals surface area contributed by atoms with E-state index in [4.69, 9.17) is 4.74 Å². The summed E-state index contributed by atoms with van der Waals surface area (Å²) in [6.45, 7) is 4.30. The lowest BCUT2D eigenvalue weighted by molar-refractivity contribution is -0.0853. The van der Waals surface area contributed by atoms with Crippen molar-refractivity contribution in [3.63, 3.8) is 0 Å². The first-order chi connectivity index (χ1) is 10.2. The van der Waals surface area contributed by atoms with Crippen molar-refractivity contribution in [3.05, 3.63) is 19.9 Å². The zero-order valence-electron chi connectivity index (χ0n) is 12.6. The van der Waals surface area contributed by atoms with E-state index in [1.165, 1.54) is 45.6 Å². The van der Waals surface area contributed by atoms with Gasteiger partial charge in [-0.1, -0.05) is 6.92 Å². The Labute approximate surface area is 149 Å². The van der Waals surface area contributed by atoms with Crippen LogP contribution in [0.25, 0.3) is 0 Å². The molecule has 2 nitrogen and oxygen atoms in total. The van der Waals surface area contributed by atoms with Gasteiger partial charge in [-0.25, -0.2) is 0 Å². The van der Waals surface area contributed by atoms with E-state index in [2.05, 4.69) is 58.0 Å². The van der Waals surface area contributed by atoms with Gasteiger partial charge in [-0.3, -0.25) is 0 Å². The van der Waals surface area contributed by atoms with Crippen LogP contribution in [0.4, 0.5) is 0 Å². The third kappa shape index (κ3) is 3.97. The van der Waals surface area contributed by atoms with Gasteiger partial charge in [0.05, 0.1) is 8.48 Å². The highest BCUT2D eigenvalue weighted by Crippen LogP contribution is 2.44. The van der Waals surface area contributed by atoms with Gasteiger partial charge in [-0.05, 0) is 83.5 Å². The van der Waals surface area contributed by atoms with Gasteiger partial charge in [0.25, 0.3) is 0 Å². The number of rotatable bonds is 5. The number of thiophene rings is 1. The molecule has 0 aromatic carbocycles. The van der Waals surface area contributed by atoms with E-state index in [9.17, 15) is 0 Å². The molecule has 3 heterocycles. The maximum Gasteiger partial charge on any atom is 0.0783 e. The second-order valence-electron chi connectivity index (χ2n) is 6.20. The molecule has 3 unspecified atom stereocenters. The molecule has 0 aliphatic carbocycles. The van der Waals surface area contributed by atoms with Gasteiger partial charge in [-0.15, -0.1) is 11.3 Å². The first kappa shape index (κ1) is 16.6. The van der Waals surface area contributed by atoms with E-state index in [1.807, 2.05) is 11.3 Å². The maximum atomic E-state index is 6.20. The first-order valence-corrected chi connectivity index (χ1v) is 11.0. The smallest absolute Gasteiger partial charge is 0.0783 e. The lowest BCUT2D eigenvalue weighted by Crippen LogP contribution is -2.43. The molecule has 118 valence electrons. The summed E-state index contributed by atoms with van der Waals surface area (Å²) in [5, 5.41) is 6.16. The molecule has 0 bridgehead atoms. The second kappa shape index (κ2) is 7.51. The number of ether oxygens (including phenoxy) is 1. The largest absolute Gasteiger partial charge is 0.374 e. The molecule has 0 radical (unpaired) electrons. The maximum absolute atomic E-state index is 6.20. The molecule has 2 aliphatic rings. The molecule has 3 atom stereocenters. The van der Waals surface area contributed by atoms with Crippen LogP contribution in [0.5, 0.6) is 0 Å². The zero-order valence-corrected chi connectivity index (χ0v) is 16.4. The van der Waals surface area contributed by atoms with Crippen LogP contribution in [0.1, 0.15) is 44.2 Å². The van der Waals surface area contributed by atoms with Crippen LogP contribution in [0.3, 0.4) is 0 Å². The molecule has 0 saturated carbocycles. The average Bonchev–Trinajstić information content (AvgIpc) is 3.10. The predicted molar refractivity (Wildman–Crippen MR) is 101 cm³/mol. The Morgan fingerprint density at radius 3 is 3.14 bits per heavy atom. The van der Waals surface area contributed by atoms with Crippen LogP contribution in [0.15, 0.2) is 11.4 Å². The van der Waals surface area contributed by atoms with Gasteiger partial charge in [0, 0.05) is 18.4 Å². The summed E-state index contributed by atoms with van der Waals surface area (Å²) in [5.41, 5.74) is 1.67. The van der Waals surface area contributed by atoms with Crippen molar-refractivity contribution in [3.8, 4) is 0 Å². The lowest BCUT2D eigenvalue weighted by atomic mass is 9.79. The van der Waals surface area contributed by atoms with Crippen molar-refractivity contribution >= 4 is 45.7 Å². The molecule has 3 rings (SSSR count). The van der Waals surface area contributed by atoms with Crippen LogP contribution >= 0.6 is 45.7 Å². The monoisotopic (exact) mass is 437 g/mol. The molecule has 1 N–H and O–H groups in total. The summed E-state index contributed by atoms with van der Waals surface area (Å²) in [7, 11) is 0. The van der Waals surface area contributed by atoms with Gasteiger partial charge >= 0.3 is 0 Å². The predicted octanol–water partition coefficient (Wildman–Crippen LogP) is 4.70. The lowest BCUT2D eigenvalue weighted by Gasteiger charge is -2.41. The minimum atomic E-state index is 0.183. The highest BCUT2D eigenvalue weighted by molar-refractivity contribution is 14.1. The topological polar surface area (TPSA) is 21.3 Å². The number of thioether (sulfide) groups is 1. The number of halogens is 1.